The maximum atomic E-state index is 13.2. The predicted octanol–water partition coefficient (Wildman–Crippen LogP) is 1.04. The van der Waals surface area contributed by atoms with Crippen molar-refractivity contribution in [3.63, 3.8) is 0 Å². The van der Waals surface area contributed by atoms with Crippen LogP contribution in [0.1, 0.15) is 46.0 Å². The van der Waals surface area contributed by atoms with Crippen molar-refractivity contribution in [1.82, 2.24) is 0 Å². The zero-order valence-corrected chi connectivity index (χ0v) is 15.1. The van der Waals surface area contributed by atoms with Gasteiger partial charge < -0.3 is 20.4 Å². The Balaban J connectivity index is 1.94. The highest BCUT2D eigenvalue weighted by atomic mass is 16.3. The van der Waals surface area contributed by atoms with Gasteiger partial charge in [0.15, 0.2) is 5.78 Å². The summed E-state index contributed by atoms with van der Waals surface area (Å²) in [5.74, 6) is -1.07. The Hall–Kier alpha value is -0.750. The van der Waals surface area contributed by atoms with Gasteiger partial charge in [-0.3, -0.25) is 4.79 Å². The second-order valence-electron chi connectivity index (χ2n) is 9.59. The van der Waals surface area contributed by atoms with Crippen molar-refractivity contribution in [2.24, 2.45) is 34.0 Å². The summed E-state index contributed by atoms with van der Waals surface area (Å²) >= 11 is 0. The van der Waals surface area contributed by atoms with Gasteiger partial charge in [-0.15, -0.1) is 0 Å². The third kappa shape index (κ3) is 1.76. The molecule has 0 aromatic carbocycles. The lowest BCUT2D eigenvalue weighted by atomic mass is 9.38. The van der Waals surface area contributed by atoms with E-state index in [4.69, 9.17) is 0 Å². The Bertz CT molecular complexity index is 628. The molecule has 0 aromatic rings. The average molecular weight is 350 g/mol. The van der Waals surface area contributed by atoms with Gasteiger partial charge in [-0.25, -0.2) is 0 Å². The summed E-state index contributed by atoms with van der Waals surface area (Å²) in [6.07, 6.45) is 0.291. The zero-order valence-electron chi connectivity index (χ0n) is 15.1. The molecule has 4 saturated carbocycles. The lowest BCUT2D eigenvalue weighted by Crippen LogP contribution is -2.71. The largest absolute Gasteiger partial charge is 0.396 e. The van der Waals surface area contributed by atoms with E-state index in [9.17, 15) is 25.2 Å². The standard InChI is InChI=1S/C20H30O5/c1-10-11-4-5-12-19(9-21)13(18(2,3)7-6-14(19)22)8-15(23)20(12,16(10)24)17(11)25/h11-15,17,21-23,25H,1,4-9H2,2-3H3/t11-,12+,13-,14+,15-,17-,19-,20+/m1/s1. The van der Waals surface area contributed by atoms with Crippen molar-refractivity contribution >= 4 is 5.78 Å². The molecule has 4 N–H and O–H groups in total. The fourth-order valence-corrected chi connectivity index (χ4v) is 7.35. The van der Waals surface area contributed by atoms with Gasteiger partial charge in [0.05, 0.1) is 30.3 Å². The first-order valence-corrected chi connectivity index (χ1v) is 9.54. The number of carbonyl (C=O) groups excluding carboxylic acids is 1. The normalized spacial score (nSPS) is 54.2. The van der Waals surface area contributed by atoms with Crippen LogP contribution in [0.4, 0.5) is 0 Å². The molecule has 2 bridgehead atoms. The first kappa shape index (κ1) is 17.7. The molecule has 4 fully saturated rings. The molecule has 0 aromatic heterocycles. The minimum atomic E-state index is -1.31. The second kappa shape index (κ2) is 5.16. The molecular weight excluding hydrogens is 320 g/mol. The van der Waals surface area contributed by atoms with Crippen LogP contribution in [0.5, 0.6) is 0 Å². The first-order chi connectivity index (χ1) is 11.7. The van der Waals surface area contributed by atoms with Crippen LogP contribution in [0.2, 0.25) is 0 Å². The van der Waals surface area contributed by atoms with Crippen molar-refractivity contribution < 1.29 is 25.2 Å². The third-order valence-electron chi connectivity index (χ3n) is 8.55. The summed E-state index contributed by atoms with van der Waals surface area (Å²) in [6, 6.07) is 0. The van der Waals surface area contributed by atoms with E-state index in [-0.39, 0.29) is 29.6 Å². The molecule has 25 heavy (non-hydrogen) atoms. The molecule has 5 heteroatoms. The Labute approximate surface area is 148 Å². The van der Waals surface area contributed by atoms with Gasteiger partial charge in [0.1, 0.15) is 0 Å². The van der Waals surface area contributed by atoms with E-state index < -0.39 is 35.1 Å². The summed E-state index contributed by atoms with van der Waals surface area (Å²) in [4.78, 5) is 13.2. The Morgan fingerprint density at radius 3 is 2.40 bits per heavy atom. The Kier molecular flexibility index (Phi) is 3.64. The summed E-state index contributed by atoms with van der Waals surface area (Å²) in [5.41, 5.74) is -1.91. The van der Waals surface area contributed by atoms with E-state index in [2.05, 4.69) is 20.4 Å². The minimum Gasteiger partial charge on any atom is -0.396 e. The van der Waals surface area contributed by atoms with E-state index in [0.29, 0.717) is 31.3 Å². The van der Waals surface area contributed by atoms with Gasteiger partial charge in [-0.05, 0) is 54.9 Å². The molecule has 0 saturated heterocycles. The van der Waals surface area contributed by atoms with E-state index in [1.54, 1.807) is 0 Å². The summed E-state index contributed by atoms with van der Waals surface area (Å²) < 4.78 is 0. The number of hydrogen-bond acceptors (Lipinski definition) is 5. The van der Waals surface area contributed by atoms with E-state index in [1.807, 2.05) is 0 Å². The Morgan fingerprint density at radius 2 is 1.76 bits per heavy atom. The molecule has 8 atom stereocenters. The number of aliphatic hydroxyl groups is 4. The maximum Gasteiger partial charge on any atom is 0.170 e. The molecule has 5 nitrogen and oxygen atoms in total. The van der Waals surface area contributed by atoms with Crippen LogP contribution in [0.3, 0.4) is 0 Å². The van der Waals surface area contributed by atoms with Crippen LogP contribution in [-0.4, -0.2) is 51.1 Å². The number of carbonyl (C=O) groups is 1. The lowest BCUT2D eigenvalue weighted by Gasteiger charge is -2.66. The number of Topliss-reactive ketones (excluding diaryl/α,β-unsaturated/α-hetero) is 1. The Morgan fingerprint density at radius 1 is 1.08 bits per heavy atom. The highest BCUT2D eigenvalue weighted by molar-refractivity contribution is 6.04. The van der Waals surface area contributed by atoms with Crippen molar-refractivity contribution in [3.8, 4) is 0 Å². The number of rotatable bonds is 1. The van der Waals surface area contributed by atoms with Crippen LogP contribution in [-0.2, 0) is 4.79 Å². The predicted molar refractivity (Wildman–Crippen MR) is 91.5 cm³/mol. The molecule has 4 rings (SSSR count). The summed E-state index contributed by atoms with van der Waals surface area (Å²) in [5, 5.41) is 43.7. The maximum absolute atomic E-state index is 13.2. The van der Waals surface area contributed by atoms with E-state index >= 15 is 0 Å². The summed E-state index contributed by atoms with van der Waals surface area (Å²) in [7, 11) is 0. The first-order valence-electron chi connectivity index (χ1n) is 9.54. The number of aliphatic hydroxyl groups excluding tert-OH is 4. The molecule has 4 aliphatic rings. The number of ketones is 1. The van der Waals surface area contributed by atoms with Crippen LogP contribution < -0.4 is 0 Å². The quantitative estimate of drug-likeness (QED) is 0.530. The van der Waals surface area contributed by atoms with Crippen molar-refractivity contribution in [2.45, 2.75) is 64.3 Å². The molecule has 140 valence electrons. The molecule has 0 heterocycles. The van der Waals surface area contributed by atoms with Gasteiger partial charge in [0.25, 0.3) is 0 Å². The van der Waals surface area contributed by atoms with Crippen LogP contribution in [0, 0.1) is 34.0 Å². The van der Waals surface area contributed by atoms with E-state index in [0.717, 1.165) is 6.42 Å². The van der Waals surface area contributed by atoms with Gasteiger partial charge in [-0.2, -0.15) is 0 Å². The highest BCUT2D eigenvalue weighted by Crippen LogP contribution is 2.70. The fourth-order valence-electron chi connectivity index (χ4n) is 7.35. The van der Waals surface area contributed by atoms with Crippen molar-refractivity contribution in [3.05, 3.63) is 12.2 Å². The zero-order chi connectivity index (χ0) is 18.4. The van der Waals surface area contributed by atoms with Gasteiger partial charge in [0, 0.05) is 11.3 Å². The summed E-state index contributed by atoms with van der Waals surface area (Å²) in [6.45, 7) is 7.92. The molecule has 1 spiro atoms. The van der Waals surface area contributed by atoms with Crippen molar-refractivity contribution in [1.29, 1.82) is 0 Å². The fraction of sp³-hybridized carbons (Fsp3) is 0.850. The smallest absolute Gasteiger partial charge is 0.170 e. The molecule has 0 aliphatic heterocycles. The third-order valence-corrected chi connectivity index (χ3v) is 8.55. The molecule has 0 amide bonds. The molecule has 0 unspecified atom stereocenters. The van der Waals surface area contributed by atoms with Crippen molar-refractivity contribution in [2.75, 3.05) is 6.61 Å². The van der Waals surface area contributed by atoms with E-state index in [1.165, 1.54) is 0 Å². The molecular formula is C20H30O5. The second-order valence-corrected chi connectivity index (χ2v) is 9.59. The van der Waals surface area contributed by atoms with Crippen LogP contribution >= 0.6 is 0 Å². The van der Waals surface area contributed by atoms with Gasteiger partial charge in [-0.1, -0.05) is 20.4 Å². The molecule has 0 radical (unpaired) electrons. The van der Waals surface area contributed by atoms with Crippen LogP contribution in [0.15, 0.2) is 12.2 Å². The number of hydrogen-bond donors (Lipinski definition) is 4. The minimum absolute atomic E-state index is 0.0928. The van der Waals surface area contributed by atoms with Gasteiger partial charge >= 0.3 is 0 Å². The SMILES string of the molecule is C=C1C(=O)[C@@]23[C@H](O)C[C@@H]4C(C)(C)CC[C@H](O)[C@]4(CO)[C@@H]2CC[C@H]1[C@H]3O. The van der Waals surface area contributed by atoms with Gasteiger partial charge in [0.2, 0.25) is 0 Å². The lowest BCUT2D eigenvalue weighted by molar-refractivity contribution is -0.267. The van der Waals surface area contributed by atoms with Crippen LogP contribution in [0.25, 0.3) is 0 Å². The molecule has 4 aliphatic carbocycles. The number of fused-ring (bicyclic) bond motifs is 3. The highest BCUT2D eigenvalue weighted by Gasteiger charge is 2.76. The monoisotopic (exact) mass is 350 g/mol. The average Bonchev–Trinajstić information content (AvgIpc) is 2.68. The topological polar surface area (TPSA) is 98.0 Å².